The number of carbonyl (C=O) groups excluding carboxylic acids is 1. The number of benzene rings is 1. The predicted molar refractivity (Wildman–Crippen MR) is 62.9 cm³/mol. The zero-order valence-corrected chi connectivity index (χ0v) is 11.6. The number of hydrogen-bond donors (Lipinski definition) is 0. The standard InChI is InChI=1S/C11H11F3O5S/c1-6-7(2)9(5-4-8(6)10(15)18-3)19-20(16,17)11(12,13)14/h4-5H,1-3H3. The van der Waals surface area contributed by atoms with Gasteiger partial charge in [-0.3, -0.25) is 0 Å². The molecular formula is C11H11F3O5S. The zero-order chi connectivity index (χ0) is 15.7. The molecule has 0 atom stereocenters. The summed E-state index contributed by atoms with van der Waals surface area (Å²) >= 11 is 0. The summed E-state index contributed by atoms with van der Waals surface area (Å²) in [5, 5.41) is 0. The Hall–Kier alpha value is -1.77. The fraction of sp³-hybridized carbons (Fsp3) is 0.364. The van der Waals surface area contributed by atoms with Crippen LogP contribution in [-0.4, -0.2) is 27.0 Å². The summed E-state index contributed by atoms with van der Waals surface area (Å²) < 4.78 is 67.1. The molecule has 0 spiro atoms. The Morgan fingerprint density at radius 1 is 1.15 bits per heavy atom. The molecule has 1 aromatic carbocycles. The molecule has 0 aliphatic heterocycles. The quantitative estimate of drug-likeness (QED) is 0.487. The lowest BCUT2D eigenvalue weighted by molar-refractivity contribution is -0.0500. The van der Waals surface area contributed by atoms with Gasteiger partial charge in [0, 0.05) is 0 Å². The van der Waals surface area contributed by atoms with Gasteiger partial charge in [-0.2, -0.15) is 21.6 Å². The number of hydrogen-bond acceptors (Lipinski definition) is 5. The molecule has 0 saturated carbocycles. The molecule has 0 bridgehead atoms. The van der Waals surface area contributed by atoms with Crippen LogP contribution >= 0.6 is 0 Å². The molecule has 1 rings (SSSR count). The van der Waals surface area contributed by atoms with Crippen molar-refractivity contribution in [3.8, 4) is 5.75 Å². The zero-order valence-electron chi connectivity index (χ0n) is 10.7. The molecule has 0 aromatic heterocycles. The van der Waals surface area contributed by atoms with Crippen LogP contribution in [0, 0.1) is 13.8 Å². The number of carbonyl (C=O) groups is 1. The monoisotopic (exact) mass is 312 g/mol. The summed E-state index contributed by atoms with van der Waals surface area (Å²) in [5.74, 6) is -1.18. The van der Waals surface area contributed by atoms with Crippen molar-refractivity contribution in [2.75, 3.05) is 7.11 Å². The Kier molecular flexibility index (Phi) is 4.33. The van der Waals surface area contributed by atoms with Crippen LogP contribution < -0.4 is 4.18 Å². The molecule has 112 valence electrons. The minimum absolute atomic E-state index is 0.0979. The van der Waals surface area contributed by atoms with Gasteiger partial charge in [-0.25, -0.2) is 4.79 Å². The van der Waals surface area contributed by atoms with E-state index >= 15 is 0 Å². The van der Waals surface area contributed by atoms with Gasteiger partial charge in [0.15, 0.2) is 0 Å². The van der Waals surface area contributed by atoms with E-state index in [1.807, 2.05) is 0 Å². The van der Waals surface area contributed by atoms with Crippen LogP contribution in [0.25, 0.3) is 0 Å². The Bertz CT molecular complexity index is 634. The topological polar surface area (TPSA) is 69.7 Å². The maximum Gasteiger partial charge on any atom is 0.534 e. The van der Waals surface area contributed by atoms with Gasteiger partial charge in [-0.15, -0.1) is 0 Å². The Labute approximate surface area is 113 Å². The maximum atomic E-state index is 12.2. The first-order chi connectivity index (χ1) is 9.01. The van der Waals surface area contributed by atoms with Crippen molar-refractivity contribution in [1.29, 1.82) is 0 Å². The van der Waals surface area contributed by atoms with Gasteiger partial charge in [0.1, 0.15) is 5.75 Å². The van der Waals surface area contributed by atoms with Gasteiger partial charge >= 0.3 is 21.6 Å². The van der Waals surface area contributed by atoms with Crippen molar-refractivity contribution in [3.63, 3.8) is 0 Å². The Morgan fingerprint density at radius 3 is 2.15 bits per heavy atom. The first kappa shape index (κ1) is 16.3. The number of rotatable bonds is 3. The summed E-state index contributed by atoms with van der Waals surface area (Å²) in [5.41, 5.74) is -5.04. The fourth-order valence-electron chi connectivity index (χ4n) is 1.38. The Balaban J connectivity index is 3.25. The normalized spacial score (nSPS) is 12.1. The van der Waals surface area contributed by atoms with Gasteiger partial charge in [0.05, 0.1) is 12.7 Å². The smallest absolute Gasteiger partial charge is 0.465 e. The molecule has 0 unspecified atom stereocenters. The minimum Gasteiger partial charge on any atom is -0.465 e. The van der Waals surface area contributed by atoms with Crippen molar-refractivity contribution < 1.29 is 35.3 Å². The average Bonchev–Trinajstić information content (AvgIpc) is 2.33. The third-order valence-corrected chi connectivity index (χ3v) is 3.59. The van der Waals surface area contributed by atoms with Crippen molar-refractivity contribution in [3.05, 3.63) is 28.8 Å². The summed E-state index contributed by atoms with van der Waals surface area (Å²) in [6.45, 7) is 2.78. The van der Waals surface area contributed by atoms with Gasteiger partial charge in [-0.05, 0) is 37.1 Å². The van der Waals surface area contributed by atoms with Crippen LogP contribution in [0.3, 0.4) is 0 Å². The summed E-state index contributed by atoms with van der Waals surface area (Å²) in [6, 6.07) is 2.10. The van der Waals surface area contributed by atoms with E-state index in [0.717, 1.165) is 19.2 Å². The van der Waals surface area contributed by atoms with Crippen LogP contribution in [0.2, 0.25) is 0 Å². The molecule has 0 aliphatic carbocycles. The lowest BCUT2D eigenvalue weighted by Gasteiger charge is -2.14. The second kappa shape index (κ2) is 5.31. The van der Waals surface area contributed by atoms with E-state index in [-0.39, 0.29) is 16.7 Å². The third kappa shape index (κ3) is 3.03. The summed E-state index contributed by atoms with van der Waals surface area (Å²) in [4.78, 5) is 11.4. The number of halogens is 3. The van der Waals surface area contributed by atoms with Crippen LogP contribution in [0.5, 0.6) is 5.75 Å². The molecule has 5 nitrogen and oxygen atoms in total. The number of methoxy groups -OCH3 is 1. The first-order valence-corrected chi connectivity index (χ1v) is 6.61. The van der Waals surface area contributed by atoms with E-state index < -0.39 is 27.3 Å². The summed E-state index contributed by atoms with van der Waals surface area (Å²) in [6.07, 6.45) is 0. The summed E-state index contributed by atoms with van der Waals surface area (Å²) in [7, 11) is -4.60. The van der Waals surface area contributed by atoms with Gasteiger partial charge in [-0.1, -0.05) is 0 Å². The highest BCUT2D eigenvalue weighted by Gasteiger charge is 2.48. The third-order valence-electron chi connectivity index (χ3n) is 2.63. The molecular weight excluding hydrogens is 301 g/mol. The van der Waals surface area contributed by atoms with E-state index in [0.29, 0.717) is 0 Å². The Morgan fingerprint density at radius 2 is 1.70 bits per heavy atom. The second-order valence-corrected chi connectivity index (χ2v) is 5.37. The molecule has 1 aromatic rings. The fourth-order valence-corrected chi connectivity index (χ4v) is 1.89. The van der Waals surface area contributed by atoms with Crippen molar-refractivity contribution >= 4 is 16.1 Å². The highest BCUT2D eigenvalue weighted by molar-refractivity contribution is 7.88. The molecule has 0 N–H and O–H groups in total. The van der Waals surface area contributed by atoms with E-state index in [9.17, 15) is 26.4 Å². The van der Waals surface area contributed by atoms with Crippen LogP contribution in [0.1, 0.15) is 21.5 Å². The number of esters is 1. The number of alkyl halides is 3. The van der Waals surface area contributed by atoms with Gasteiger partial charge in [0.25, 0.3) is 0 Å². The first-order valence-electron chi connectivity index (χ1n) is 5.20. The highest BCUT2D eigenvalue weighted by Crippen LogP contribution is 2.31. The van der Waals surface area contributed by atoms with Crippen molar-refractivity contribution in [1.82, 2.24) is 0 Å². The number of ether oxygens (including phenoxy) is 1. The van der Waals surface area contributed by atoms with Crippen molar-refractivity contribution in [2.45, 2.75) is 19.4 Å². The minimum atomic E-state index is -5.74. The molecule has 9 heteroatoms. The van der Waals surface area contributed by atoms with E-state index in [2.05, 4.69) is 8.92 Å². The predicted octanol–water partition coefficient (Wildman–Crippen LogP) is 2.32. The molecule has 0 heterocycles. The SMILES string of the molecule is COC(=O)c1ccc(OS(=O)(=O)C(F)(F)F)c(C)c1C. The second-order valence-electron chi connectivity index (χ2n) is 3.84. The van der Waals surface area contributed by atoms with E-state index in [1.165, 1.54) is 13.8 Å². The molecule has 0 radical (unpaired) electrons. The maximum absolute atomic E-state index is 12.2. The molecule has 0 amide bonds. The van der Waals surface area contributed by atoms with E-state index in [4.69, 9.17) is 0 Å². The molecule has 0 fully saturated rings. The van der Waals surface area contributed by atoms with Crippen molar-refractivity contribution in [2.24, 2.45) is 0 Å². The lowest BCUT2D eigenvalue weighted by Crippen LogP contribution is -2.28. The molecule has 0 saturated heterocycles. The molecule has 20 heavy (non-hydrogen) atoms. The molecule has 0 aliphatic rings. The highest BCUT2D eigenvalue weighted by atomic mass is 32.2. The largest absolute Gasteiger partial charge is 0.534 e. The van der Waals surface area contributed by atoms with Crippen LogP contribution in [0.4, 0.5) is 13.2 Å². The lowest BCUT2D eigenvalue weighted by atomic mass is 10.0. The van der Waals surface area contributed by atoms with E-state index in [1.54, 1.807) is 0 Å². The van der Waals surface area contributed by atoms with Crippen LogP contribution in [0.15, 0.2) is 12.1 Å². The average molecular weight is 312 g/mol. The van der Waals surface area contributed by atoms with Gasteiger partial charge in [0.2, 0.25) is 0 Å². The van der Waals surface area contributed by atoms with Gasteiger partial charge < -0.3 is 8.92 Å². The van der Waals surface area contributed by atoms with Crippen LogP contribution in [-0.2, 0) is 14.9 Å².